The highest BCUT2D eigenvalue weighted by Gasteiger charge is 2.19. The van der Waals surface area contributed by atoms with Crippen molar-refractivity contribution >= 4 is 17.9 Å². The number of nitrogens with one attached hydrogen (secondary N) is 1. The first kappa shape index (κ1) is 18.2. The van der Waals surface area contributed by atoms with E-state index >= 15 is 0 Å². The Morgan fingerprint density at radius 2 is 1.95 bits per heavy atom. The van der Waals surface area contributed by atoms with E-state index in [1.807, 2.05) is 13.8 Å². The summed E-state index contributed by atoms with van der Waals surface area (Å²) < 4.78 is 4.95. The number of urea groups is 1. The van der Waals surface area contributed by atoms with E-state index in [1.165, 1.54) is 12.0 Å². The molecule has 0 rings (SSSR count). The number of rotatable bonds is 9. The SMILES string of the molecule is COC(CNC(=O)N(CC(N)=O)CC(C)C)CC(=O)O. The smallest absolute Gasteiger partial charge is 0.317 e. The standard InChI is InChI=1S/C12H23N3O5/c1-8(2)6-15(7-10(13)16)12(19)14-5-9(20-3)4-11(17)18/h8-9H,4-7H2,1-3H3,(H2,13,16)(H,14,19)(H,17,18). The van der Waals surface area contributed by atoms with Crippen LogP contribution in [0.25, 0.3) is 0 Å². The molecule has 0 heterocycles. The van der Waals surface area contributed by atoms with Gasteiger partial charge in [0, 0.05) is 20.2 Å². The number of carboxylic acids is 1. The number of hydrogen-bond acceptors (Lipinski definition) is 4. The van der Waals surface area contributed by atoms with Gasteiger partial charge in [0.1, 0.15) is 6.54 Å². The molecule has 0 bridgehead atoms. The van der Waals surface area contributed by atoms with E-state index < -0.39 is 24.0 Å². The van der Waals surface area contributed by atoms with Gasteiger partial charge in [-0.15, -0.1) is 0 Å². The van der Waals surface area contributed by atoms with E-state index in [2.05, 4.69) is 5.32 Å². The second-order valence-corrected chi connectivity index (χ2v) is 4.88. The van der Waals surface area contributed by atoms with Crippen molar-refractivity contribution in [1.29, 1.82) is 0 Å². The summed E-state index contributed by atoms with van der Waals surface area (Å²) in [5, 5.41) is 11.2. The number of nitrogens with zero attached hydrogens (tertiary/aromatic N) is 1. The Balaban J connectivity index is 4.43. The molecule has 0 aliphatic heterocycles. The molecule has 0 aliphatic rings. The van der Waals surface area contributed by atoms with Crippen molar-refractivity contribution in [3.8, 4) is 0 Å². The lowest BCUT2D eigenvalue weighted by atomic mass is 10.2. The van der Waals surface area contributed by atoms with Crippen LogP contribution >= 0.6 is 0 Å². The lowest BCUT2D eigenvalue weighted by Gasteiger charge is -2.24. The summed E-state index contributed by atoms with van der Waals surface area (Å²) in [4.78, 5) is 34.7. The number of amides is 3. The molecule has 3 amide bonds. The minimum absolute atomic E-state index is 0.0506. The summed E-state index contributed by atoms with van der Waals surface area (Å²) in [6.07, 6.45) is -0.831. The first-order chi connectivity index (χ1) is 9.26. The molecule has 20 heavy (non-hydrogen) atoms. The van der Waals surface area contributed by atoms with E-state index in [4.69, 9.17) is 15.6 Å². The molecule has 0 aromatic carbocycles. The maximum absolute atomic E-state index is 11.9. The number of carbonyl (C=O) groups is 3. The van der Waals surface area contributed by atoms with E-state index in [9.17, 15) is 14.4 Å². The third-order valence-corrected chi connectivity index (χ3v) is 2.44. The zero-order chi connectivity index (χ0) is 15.7. The molecule has 116 valence electrons. The Bertz CT molecular complexity index is 346. The number of carboxylic acid groups (broad SMARTS) is 1. The number of nitrogens with two attached hydrogens (primary N) is 1. The summed E-state index contributed by atoms with van der Waals surface area (Å²) in [7, 11) is 1.37. The van der Waals surface area contributed by atoms with Crippen LogP contribution in [0.2, 0.25) is 0 Å². The minimum Gasteiger partial charge on any atom is -0.481 e. The fourth-order valence-corrected chi connectivity index (χ4v) is 1.59. The molecule has 8 heteroatoms. The maximum Gasteiger partial charge on any atom is 0.317 e. The van der Waals surface area contributed by atoms with Gasteiger partial charge < -0.3 is 25.8 Å². The molecule has 1 atom stereocenters. The molecule has 0 spiro atoms. The lowest BCUT2D eigenvalue weighted by Crippen LogP contribution is -2.48. The number of hydrogen-bond donors (Lipinski definition) is 3. The lowest BCUT2D eigenvalue weighted by molar-refractivity contribution is -0.139. The van der Waals surface area contributed by atoms with Crippen LogP contribution in [0.5, 0.6) is 0 Å². The number of ether oxygens (including phenoxy) is 1. The van der Waals surface area contributed by atoms with Gasteiger partial charge in [-0.2, -0.15) is 0 Å². The third-order valence-electron chi connectivity index (χ3n) is 2.44. The summed E-state index contributed by atoms with van der Waals surface area (Å²) in [6.45, 7) is 4.06. The summed E-state index contributed by atoms with van der Waals surface area (Å²) in [5.41, 5.74) is 5.09. The molecule has 0 saturated heterocycles. The highest BCUT2D eigenvalue weighted by Crippen LogP contribution is 2.00. The quantitative estimate of drug-likeness (QED) is 0.534. The van der Waals surface area contributed by atoms with Crippen LogP contribution in [-0.2, 0) is 14.3 Å². The second kappa shape index (κ2) is 9.13. The van der Waals surface area contributed by atoms with Crippen LogP contribution in [0.1, 0.15) is 20.3 Å². The van der Waals surface area contributed by atoms with Gasteiger partial charge in [0.05, 0.1) is 12.5 Å². The molecular formula is C12H23N3O5. The molecule has 4 N–H and O–H groups in total. The predicted octanol–water partition coefficient (Wildman–Crippen LogP) is -0.371. The van der Waals surface area contributed by atoms with Crippen LogP contribution in [0.3, 0.4) is 0 Å². The monoisotopic (exact) mass is 289 g/mol. The van der Waals surface area contributed by atoms with Crippen molar-refractivity contribution in [3.63, 3.8) is 0 Å². The molecule has 0 fully saturated rings. The summed E-state index contributed by atoms with van der Waals surface area (Å²) in [5.74, 6) is -1.44. The fraction of sp³-hybridized carbons (Fsp3) is 0.750. The first-order valence-electron chi connectivity index (χ1n) is 6.31. The first-order valence-corrected chi connectivity index (χ1v) is 6.31. The Kier molecular flexibility index (Phi) is 8.30. The van der Waals surface area contributed by atoms with Crippen LogP contribution < -0.4 is 11.1 Å². The average molecular weight is 289 g/mol. The Morgan fingerprint density at radius 1 is 1.35 bits per heavy atom. The average Bonchev–Trinajstić information content (AvgIpc) is 2.31. The molecular weight excluding hydrogens is 266 g/mol. The van der Waals surface area contributed by atoms with Gasteiger partial charge in [-0.05, 0) is 5.92 Å². The van der Waals surface area contributed by atoms with Crippen LogP contribution in [0.4, 0.5) is 4.79 Å². The van der Waals surface area contributed by atoms with Crippen molar-refractivity contribution in [2.75, 3.05) is 26.7 Å². The van der Waals surface area contributed by atoms with E-state index in [-0.39, 0.29) is 25.4 Å². The minimum atomic E-state index is -1.01. The molecule has 0 aliphatic carbocycles. The number of carbonyl (C=O) groups excluding carboxylic acids is 2. The third kappa shape index (κ3) is 8.30. The van der Waals surface area contributed by atoms with Crippen molar-refractivity contribution in [2.24, 2.45) is 11.7 Å². The zero-order valence-corrected chi connectivity index (χ0v) is 12.1. The van der Waals surface area contributed by atoms with Gasteiger partial charge in [-0.3, -0.25) is 9.59 Å². The van der Waals surface area contributed by atoms with Crippen LogP contribution in [-0.4, -0.2) is 60.8 Å². The van der Waals surface area contributed by atoms with Gasteiger partial charge in [-0.25, -0.2) is 4.79 Å². The van der Waals surface area contributed by atoms with E-state index in [0.717, 1.165) is 0 Å². The fourth-order valence-electron chi connectivity index (χ4n) is 1.59. The Labute approximate surface area is 118 Å². The highest BCUT2D eigenvalue weighted by atomic mass is 16.5. The highest BCUT2D eigenvalue weighted by molar-refractivity contribution is 5.83. The second-order valence-electron chi connectivity index (χ2n) is 4.88. The number of aliphatic carboxylic acids is 1. The van der Waals surface area contributed by atoms with E-state index in [1.54, 1.807) is 0 Å². The predicted molar refractivity (Wildman–Crippen MR) is 72.1 cm³/mol. The molecule has 0 aromatic rings. The molecule has 0 aromatic heterocycles. The zero-order valence-electron chi connectivity index (χ0n) is 12.1. The van der Waals surface area contributed by atoms with Gasteiger partial charge in [0.25, 0.3) is 0 Å². The van der Waals surface area contributed by atoms with Crippen molar-refractivity contribution < 1.29 is 24.2 Å². The Morgan fingerprint density at radius 3 is 2.35 bits per heavy atom. The summed E-state index contributed by atoms with van der Waals surface area (Å²) in [6, 6.07) is -0.468. The van der Waals surface area contributed by atoms with Crippen LogP contribution in [0.15, 0.2) is 0 Å². The summed E-state index contributed by atoms with van der Waals surface area (Å²) >= 11 is 0. The van der Waals surface area contributed by atoms with Gasteiger partial charge in [-0.1, -0.05) is 13.8 Å². The Hall–Kier alpha value is -1.83. The number of methoxy groups -OCH3 is 1. The van der Waals surface area contributed by atoms with Gasteiger partial charge in [0.2, 0.25) is 5.91 Å². The van der Waals surface area contributed by atoms with Crippen LogP contribution in [0, 0.1) is 5.92 Å². The number of primary amides is 1. The molecule has 0 saturated carbocycles. The molecule has 8 nitrogen and oxygen atoms in total. The largest absolute Gasteiger partial charge is 0.481 e. The molecule has 0 radical (unpaired) electrons. The van der Waals surface area contributed by atoms with Crippen molar-refractivity contribution in [1.82, 2.24) is 10.2 Å². The maximum atomic E-state index is 11.9. The topological polar surface area (TPSA) is 122 Å². The van der Waals surface area contributed by atoms with Crippen molar-refractivity contribution in [3.05, 3.63) is 0 Å². The normalized spacial score (nSPS) is 12.0. The van der Waals surface area contributed by atoms with Gasteiger partial charge >= 0.3 is 12.0 Å². The van der Waals surface area contributed by atoms with Gasteiger partial charge in [0.15, 0.2) is 0 Å². The van der Waals surface area contributed by atoms with E-state index in [0.29, 0.717) is 6.54 Å². The molecule has 1 unspecified atom stereocenters. The van der Waals surface area contributed by atoms with Crippen molar-refractivity contribution in [2.45, 2.75) is 26.4 Å².